The molecular formula is C24H25N3O2S. The second-order valence-corrected chi connectivity index (χ2v) is 9.65. The lowest BCUT2D eigenvalue weighted by molar-refractivity contribution is 0.533. The van der Waals surface area contributed by atoms with Crippen LogP contribution in [0.5, 0.6) is 0 Å². The fraction of sp³-hybridized carbons (Fsp3) is 0.250. The van der Waals surface area contributed by atoms with Gasteiger partial charge in [0.1, 0.15) is 0 Å². The molecule has 1 fully saturated rings. The Bertz CT molecular complexity index is 1130. The first kappa shape index (κ1) is 19.3. The van der Waals surface area contributed by atoms with Crippen LogP contribution in [-0.4, -0.2) is 27.5 Å². The number of hydrogen-bond acceptors (Lipinski definition) is 3. The topological polar surface area (TPSA) is 61.4 Å². The van der Waals surface area contributed by atoms with Gasteiger partial charge in [0, 0.05) is 25.7 Å². The number of anilines is 1. The molecule has 3 aromatic rings. The quantitative estimate of drug-likeness (QED) is 0.667. The summed E-state index contributed by atoms with van der Waals surface area (Å²) in [5.41, 5.74) is 6.96. The van der Waals surface area contributed by atoms with E-state index < -0.39 is 10.2 Å². The molecule has 0 atom stereocenters. The normalized spacial score (nSPS) is 17.9. The van der Waals surface area contributed by atoms with E-state index in [2.05, 4.69) is 58.6 Å². The molecule has 0 saturated carbocycles. The minimum atomic E-state index is -3.41. The van der Waals surface area contributed by atoms with Gasteiger partial charge in [0.15, 0.2) is 0 Å². The summed E-state index contributed by atoms with van der Waals surface area (Å²) < 4.78 is 28.2. The van der Waals surface area contributed by atoms with Gasteiger partial charge in [-0.1, -0.05) is 60.7 Å². The van der Waals surface area contributed by atoms with Crippen molar-refractivity contribution in [1.82, 2.24) is 10.0 Å². The molecule has 2 N–H and O–H groups in total. The number of nitrogens with zero attached hydrogens (tertiary/aromatic N) is 1. The predicted octanol–water partition coefficient (Wildman–Crippen LogP) is 3.27. The van der Waals surface area contributed by atoms with Gasteiger partial charge in [-0.25, -0.2) is 0 Å². The summed E-state index contributed by atoms with van der Waals surface area (Å²) in [5, 5.41) is 3.68. The van der Waals surface area contributed by atoms with Crippen LogP contribution in [0.4, 0.5) is 5.69 Å². The van der Waals surface area contributed by atoms with Crippen molar-refractivity contribution in [3.05, 3.63) is 89.5 Å². The van der Waals surface area contributed by atoms with Crippen molar-refractivity contribution in [3.8, 4) is 11.1 Å². The van der Waals surface area contributed by atoms with Crippen LogP contribution in [-0.2, 0) is 29.6 Å². The molecule has 0 bridgehead atoms. The van der Waals surface area contributed by atoms with Crippen LogP contribution in [0, 0.1) is 0 Å². The van der Waals surface area contributed by atoms with Crippen molar-refractivity contribution in [2.75, 3.05) is 17.4 Å². The maximum atomic E-state index is 12.1. The molecular weight excluding hydrogens is 394 g/mol. The molecule has 1 aliphatic heterocycles. The monoisotopic (exact) mass is 419 g/mol. The minimum Gasteiger partial charge on any atom is -0.309 e. The zero-order chi connectivity index (χ0) is 20.6. The Morgan fingerprint density at radius 2 is 1.63 bits per heavy atom. The van der Waals surface area contributed by atoms with E-state index in [4.69, 9.17) is 0 Å². The summed E-state index contributed by atoms with van der Waals surface area (Å²) in [5.74, 6) is 0. The van der Waals surface area contributed by atoms with Gasteiger partial charge < -0.3 is 5.32 Å². The van der Waals surface area contributed by atoms with Crippen molar-refractivity contribution < 1.29 is 8.42 Å². The lowest BCUT2D eigenvalue weighted by atomic mass is 10.0. The third-order valence-electron chi connectivity index (χ3n) is 5.96. The number of hydrogen-bond donors (Lipinski definition) is 2. The summed E-state index contributed by atoms with van der Waals surface area (Å²) in [6, 6.07) is 25.4. The molecule has 1 heterocycles. The lowest BCUT2D eigenvalue weighted by Gasteiger charge is -2.17. The van der Waals surface area contributed by atoms with Gasteiger partial charge in [-0.05, 0) is 52.8 Å². The first-order valence-corrected chi connectivity index (χ1v) is 11.8. The Morgan fingerprint density at radius 3 is 2.30 bits per heavy atom. The average molecular weight is 420 g/mol. The Balaban J connectivity index is 1.25. The molecule has 0 aromatic heterocycles. The molecule has 6 heteroatoms. The molecule has 2 aliphatic rings. The summed E-state index contributed by atoms with van der Waals surface area (Å²) in [7, 11) is -3.41. The summed E-state index contributed by atoms with van der Waals surface area (Å²) in [6.45, 7) is 1.75. The maximum absolute atomic E-state index is 12.1. The van der Waals surface area contributed by atoms with E-state index >= 15 is 0 Å². The van der Waals surface area contributed by atoms with E-state index in [0.29, 0.717) is 24.8 Å². The molecule has 5 nitrogen and oxygen atoms in total. The highest BCUT2D eigenvalue weighted by Crippen LogP contribution is 2.27. The number of fused-ring (bicyclic) bond motifs is 1. The molecule has 154 valence electrons. The van der Waals surface area contributed by atoms with Crippen molar-refractivity contribution >= 4 is 15.9 Å². The number of nitrogens with one attached hydrogen (secondary N) is 2. The third kappa shape index (κ3) is 3.86. The SMILES string of the molecule is O=S1(=O)NCCN1c1cccc(-c2ccc(CNC3Cc4ccccc4C3)cc2)c1. The van der Waals surface area contributed by atoms with Crippen molar-refractivity contribution in [1.29, 1.82) is 0 Å². The third-order valence-corrected chi connectivity index (χ3v) is 7.50. The van der Waals surface area contributed by atoms with Gasteiger partial charge in [-0.3, -0.25) is 4.31 Å². The standard InChI is InChI=1S/C24H25N3O2S/c28-30(29)26-12-13-27(30)24-7-3-6-22(16-24)19-10-8-18(9-11-19)17-25-23-14-20-4-1-2-5-21(20)15-23/h1-11,16,23,25-26H,12-15,17H2. The lowest BCUT2D eigenvalue weighted by Crippen LogP contribution is -2.29. The zero-order valence-electron chi connectivity index (χ0n) is 16.7. The van der Waals surface area contributed by atoms with Gasteiger partial charge in [0.2, 0.25) is 0 Å². The fourth-order valence-corrected chi connectivity index (χ4v) is 5.59. The van der Waals surface area contributed by atoms with E-state index in [1.54, 1.807) is 0 Å². The second-order valence-electron chi connectivity index (χ2n) is 7.97. The zero-order valence-corrected chi connectivity index (χ0v) is 17.5. The van der Waals surface area contributed by atoms with E-state index in [9.17, 15) is 8.42 Å². The van der Waals surface area contributed by atoms with Gasteiger partial charge in [0.25, 0.3) is 0 Å². The van der Waals surface area contributed by atoms with Crippen LogP contribution in [0.2, 0.25) is 0 Å². The van der Waals surface area contributed by atoms with Gasteiger partial charge in [-0.2, -0.15) is 13.1 Å². The van der Waals surface area contributed by atoms with Gasteiger partial charge in [-0.15, -0.1) is 0 Å². The smallest absolute Gasteiger partial charge is 0.301 e. The minimum absolute atomic E-state index is 0.445. The first-order valence-electron chi connectivity index (χ1n) is 10.4. The van der Waals surface area contributed by atoms with Crippen LogP contribution in [0.25, 0.3) is 11.1 Å². The van der Waals surface area contributed by atoms with Crippen molar-refractivity contribution in [3.63, 3.8) is 0 Å². The summed E-state index contributed by atoms with van der Waals surface area (Å²) in [6.07, 6.45) is 2.19. The highest BCUT2D eigenvalue weighted by atomic mass is 32.2. The molecule has 1 aliphatic carbocycles. The predicted molar refractivity (Wildman–Crippen MR) is 121 cm³/mol. The summed E-state index contributed by atoms with van der Waals surface area (Å²) >= 11 is 0. The molecule has 0 spiro atoms. The Hall–Kier alpha value is -2.67. The molecule has 3 aromatic carbocycles. The molecule has 1 saturated heterocycles. The van der Waals surface area contributed by atoms with Gasteiger partial charge >= 0.3 is 10.2 Å². The van der Waals surface area contributed by atoms with E-state index in [1.165, 1.54) is 21.0 Å². The van der Waals surface area contributed by atoms with Crippen molar-refractivity contribution in [2.24, 2.45) is 0 Å². The molecule has 0 amide bonds. The molecule has 30 heavy (non-hydrogen) atoms. The van der Waals surface area contributed by atoms with Crippen molar-refractivity contribution in [2.45, 2.75) is 25.4 Å². The molecule has 5 rings (SSSR count). The maximum Gasteiger partial charge on any atom is 0.301 e. The number of benzene rings is 3. The van der Waals surface area contributed by atoms with Crippen LogP contribution < -0.4 is 14.3 Å². The van der Waals surface area contributed by atoms with E-state index in [0.717, 1.165) is 30.5 Å². The first-order chi connectivity index (χ1) is 14.6. The van der Waals surface area contributed by atoms with Crippen LogP contribution in [0.3, 0.4) is 0 Å². The average Bonchev–Trinajstić information content (AvgIpc) is 3.34. The molecule has 0 radical (unpaired) electrons. The second kappa shape index (κ2) is 7.87. The van der Waals surface area contributed by atoms with Gasteiger partial charge in [0.05, 0.1) is 5.69 Å². The van der Waals surface area contributed by atoms with E-state index in [-0.39, 0.29) is 0 Å². The highest BCUT2D eigenvalue weighted by molar-refractivity contribution is 7.91. The Morgan fingerprint density at radius 1 is 0.900 bits per heavy atom. The number of rotatable bonds is 5. The van der Waals surface area contributed by atoms with Crippen LogP contribution in [0.15, 0.2) is 72.8 Å². The Labute approximate surface area is 177 Å². The Kier molecular flexibility index (Phi) is 5.06. The molecule has 0 unspecified atom stereocenters. The largest absolute Gasteiger partial charge is 0.309 e. The highest BCUT2D eigenvalue weighted by Gasteiger charge is 2.28. The van der Waals surface area contributed by atoms with Crippen LogP contribution >= 0.6 is 0 Å². The summed E-state index contributed by atoms with van der Waals surface area (Å²) in [4.78, 5) is 0. The van der Waals surface area contributed by atoms with E-state index in [1.807, 2.05) is 24.3 Å². The fourth-order valence-electron chi connectivity index (χ4n) is 4.36. The van der Waals surface area contributed by atoms with Crippen LogP contribution in [0.1, 0.15) is 16.7 Å².